The Balaban J connectivity index is 1.41. The molecule has 2 aromatic rings. The predicted octanol–water partition coefficient (Wildman–Crippen LogP) is 3.87. The molecule has 148 valence electrons. The maximum absolute atomic E-state index is 12.7. The van der Waals surface area contributed by atoms with Crippen LogP contribution in [0.4, 0.5) is 0 Å². The van der Waals surface area contributed by atoms with Crippen LogP contribution in [0.25, 0.3) is 16.6 Å². The maximum atomic E-state index is 12.7. The van der Waals surface area contributed by atoms with Crippen LogP contribution in [0.1, 0.15) is 68.2 Å². The number of nitrogens with one attached hydrogen (secondary N) is 2. The summed E-state index contributed by atoms with van der Waals surface area (Å²) in [6.45, 7) is 1.85. The highest BCUT2D eigenvalue weighted by molar-refractivity contribution is 5.96. The normalized spacial score (nSPS) is 19.5. The Bertz CT molecular complexity index is 988. The van der Waals surface area contributed by atoms with Gasteiger partial charge in [0.25, 0.3) is 5.56 Å². The van der Waals surface area contributed by atoms with Crippen molar-refractivity contribution in [3.8, 4) is 0 Å². The molecule has 0 aliphatic heterocycles. The molecule has 0 aromatic carbocycles. The Morgan fingerprint density at radius 3 is 2.64 bits per heavy atom. The molecule has 2 heterocycles. The number of allylic oxidation sites excluding steroid dienone is 4. The molecule has 0 atom stereocenters. The van der Waals surface area contributed by atoms with Crippen molar-refractivity contribution in [2.24, 2.45) is 0 Å². The Kier molecular flexibility index (Phi) is 4.93. The molecule has 0 saturated heterocycles. The molecule has 5 heteroatoms. The summed E-state index contributed by atoms with van der Waals surface area (Å²) in [6.07, 6.45) is 18.2. The van der Waals surface area contributed by atoms with E-state index in [1.807, 2.05) is 4.68 Å². The number of aryl methyl sites for hydroxylation is 2. The van der Waals surface area contributed by atoms with Crippen LogP contribution in [-0.4, -0.2) is 27.4 Å². The summed E-state index contributed by atoms with van der Waals surface area (Å²) in [5.41, 5.74) is 5.47. The van der Waals surface area contributed by atoms with Crippen molar-refractivity contribution >= 4 is 16.6 Å². The second-order valence-electron chi connectivity index (χ2n) is 8.54. The van der Waals surface area contributed by atoms with E-state index in [-0.39, 0.29) is 5.56 Å². The van der Waals surface area contributed by atoms with E-state index in [9.17, 15) is 4.79 Å². The lowest BCUT2D eigenvalue weighted by Crippen LogP contribution is -2.32. The highest BCUT2D eigenvalue weighted by Gasteiger charge is 2.24. The summed E-state index contributed by atoms with van der Waals surface area (Å²) in [5.74, 6) is 0. The molecule has 3 aliphatic carbocycles. The minimum Gasteiger partial charge on any atom is -0.314 e. The molecule has 0 radical (unpaired) electrons. The van der Waals surface area contributed by atoms with Gasteiger partial charge in [0, 0.05) is 29.1 Å². The third-order valence-corrected chi connectivity index (χ3v) is 6.64. The van der Waals surface area contributed by atoms with Crippen LogP contribution >= 0.6 is 0 Å². The molecule has 0 unspecified atom stereocenters. The van der Waals surface area contributed by atoms with Gasteiger partial charge in [0.2, 0.25) is 0 Å². The van der Waals surface area contributed by atoms with Gasteiger partial charge in [-0.15, -0.1) is 0 Å². The highest BCUT2D eigenvalue weighted by Crippen LogP contribution is 2.33. The Hall–Kier alpha value is -2.14. The second kappa shape index (κ2) is 7.70. The Morgan fingerprint density at radius 2 is 1.89 bits per heavy atom. The fourth-order valence-electron chi connectivity index (χ4n) is 5.05. The van der Waals surface area contributed by atoms with Gasteiger partial charge in [0.1, 0.15) is 11.3 Å². The number of fused-ring (bicyclic) bond motifs is 3. The molecular formula is C23H30N4O. The van der Waals surface area contributed by atoms with Crippen molar-refractivity contribution in [2.45, 2.75) is 76.8 Å². The van der Waals surface area contributed by atoms with Crippen LogP contribution in [0, 0.1) is 0 Å². The van der Waals surface area contributed by atoms with Gasteiger partial charge < -0.3 is 10.3 Å². The smallest absolute Gasteiger partial charge is 0.253 e. The molecule has 2 N–H and O–H groups in total. The van der Waals surface area contributed by atoms with Crippen LogP contribution < -0.4 is 10.9 Å². The first kappa shape index (κ1) is 17.9. The van der Waals surface area contributed by atoms with Gasteiger partial charge in [0.05, 0.1) is 0 Å². The Labute approximate surface area is 165 Å². The van der Waals surface area contributed by atoms with E-state index in [1.54, 1.807) is 0 Å². The SMILES string of the molecule is O=c1[nH]c2c(c(C3=CC=C3)nn2CCCNC2CCCCC2)c2c1CCCC2. The van der Waals surface area contributed by atoms with Gasteiger partial charge in [-0.05, 0) is 57.1 Å². The van der Waals surface area contributed by atoms with E-state index < -0.39 is 0 Å². The van der Waals surface area contributed by atoms with Crippen LogP contribution in [0.15, 0.2) is 23.0 Å². The topological polar surface area (TPSA) is 62.7 Å². The molecule has 2 aromatic heterocycles. The lowest BCUT2D eigenvalue weighted by Gasteiger charge is -2.22. The van der Waals surface area contributed by atoms with Crippen molar-refractivity contribution in [2.75, 3.05) is 6.54 Å². The zero-order chi connectivity index (χ0) is 18.9. The number of aromatic nitrogens is 3. The van der Waals surface area contributed by atoms with Gasteiger partial charge in [-0.1, -0.05) is 37.5 Å². The summed E-state index contributed by atoms with van der Waals surface area (Å²) >= 11 is 0. The molecular weight excluding hydrogens is 348 g/mol. The third kappa shape index (κ3) is 3.26. The number of aromatic amines is 1. The molecule has 5 nitrogen and oxygen atoms in total. The highest BCUT2D eigenvalue weighted by atomic mass is 16.1. The number of nitrogens with zero attached hydrogens (tertiary/aromatic N) is 2. The van der Waals surface area contributed by atoms with E-state index in [4.69, 9.17) is 5.10 Å². The number of rotatable bonds is 6. The average Bonchev–Trinajstić information content (AvgIpc) is 3.03. The lowest BCUT2D eigenvalue weighted by atomic mass is 9.89. The predicted molar refractivity (Wildman–Crippen MR) is 114 cm³/mol. The third-order valence-electron chi connectivity index (χ3n) is 6.64. The fourth-order valence-corrected chi connectivity index (χ4v) is 5.05. The summed E-state index contributed by atoms with van der Waals surface area (Å²) < 4.78 is 2.04. The van der Waals surface area contributed by atoms with Crippen molar-refractivity contribution in [1.82, 2.24) is 20.1 Å². The number of pyridine rings is 1. The van der Waals surface area contributed by atoms with Crippen molar-refractivity contribution < 1.29 is 0 Å². The fraction of sp³-hybridized carbons (Fsp3) is 0.565. The first-order valence-corrected chi connectivity index (χ1v) is 11.1. The standard InChI is InChI=1S/C23H30N4O/c28-23-19-13-5-4-12-18(19)20-21(16-8-6-9-16)26-27(22(20)25-23)15-7-14-24-17-10-2-1-3-11-17/h6,8-9,17,24H,1-5,7,10-15H2,(H,25,28). The molecule has 0 amide bonds. The monoisotopic (exact) mass is 378 g/mol. The van der Waals surface area contributed by atoms with Gasteiger partial charge in [-0.2, -0.15) is 5.10 Å². The summed E-state index contributed by atoms with van der Waals surface area (Å²) in [6, 6.07) is 0.691. The zero-order valence-corrected chi connectivity index (χ0v) is 16.6. The molecule has 1 fully saturated rings. The van der Waals surface area contributed by atoms with Crippen LogP contribution in [-0.2, 0) is 19.4 Å². The first-order valence-electron chi connectivity index (χ1n) is 11.1. The molecule has 1 saturated carbocycles. The molecule has 0 spiro atoms. The average molecular weight is 379 g/mol. The second-order valence-corrected chi connectivity index (χ2v) is 8.54. The van der Waals surface area contributed by atoms with Crippen molar-refractivity contribution in [1.29, 1.82) is 0 Å². The van der Waals surface area contributed by atoms with Gasteiger partial charge in [-0.25, -0.2) is 4.68 Å². The largest absolute Gasteiger partial charge is 0.314 e. The number of hydrogen-bond acceptors (Lipinski definition) is 3. The van der Waals surface area contributed by atoms with E-state index in [0.29, 0.717) is 6.04 Å². The summed E-state index contributed by atoms with van der Waals surface area (Å²) in [4.78, 5) is 15.9. The first-order chi connectivity index (χ1) is 13.8. The Morgan fingerprint density at radius 1 is 1.11 bits per heavy atom. The molecule has 0 bridgehead atoms. The molecule has 5 rings (SSSR count). The molecule has 3 aliphatic rings. The van der Waals surface area contributed by atoms with E-state index in [2.05, 4.69) is 28.5 Å². The van der Waals surface area contributed by atoms with Gasteiger partial charge in [0.15, 0.2) is 0 Å². The quantitative estimate of drug-likeness (QED) is 0.750. The van der Waals surface area contributed by atoms with Crippen LogP contribution in [0.2, 0.25) is 0 Å². The van der Waals surface area contributed by atoms with Gasteiger partial charge in [-0.3, -0.25) is 4.79 Å². The summed E-state index contributed by atoms with van der Waals surface area (Å²) in [7, 11) is 0. The van der Waals surface area contributed by atoms with Crippen LogP contribution in [0.3, 0.4) is 0 Å². The van der Waals surface area contributed by atoms with Crippen molar-refractivity contribution in [3.05, 3.63) is 45.4 Å². The van der Waals surface area contributed by atoms with E-state index in [0.717, 1.165) is 62.1 Å². The molecule has 28 heavy (non-hydrogen) atoms. The van der Waals surface area contributed by atoms with Gasteiger partial charge >= 0.3 is 0 Å². The maximum Gasteiger partial charge on any atom is 0.253 e. The van der Waals surface area contributed by atoms with Crippen molar-refractivity contribution in [3.63, 3.8) is 0 Å². The number of hydrogen-bond donors (Lipinski definition) is 2. The summed E-state index contributed by atoms with van der Waals surface area (Å²) in [5, 5.41) is 9.85. The minimum absolute atomic E-state index is 0.0911. The number of H-pyrrole nitrogens is 1. The zero-order valence-electron chi connectivity index (χ0n) is 16.6. The van der Waals surface area contributed by atoms with Crippen LogP contribution in [0.5, 0.6) is 0 Å². The lowest BCUT2D eigenvalue weighted by molar-refractivity contribution is 0.367. The van der Waals surface area contributed by atoms with E-state index in [1.165, 1.54) is 48.6 Å². The van der Waals surface area contributed by atoms with E-state index >= 15 is 0 Å². The minimum atomic E-state index is 0.0911.